The molecule has 0 radical (unpaired) electrons. The average molecular weight is 244 g/mol. The standard InChI is InChI=1S/C15H20N2O/c1-15(2,3)13(18)11-7-4-5-8-12(11)14-16-9-6-10-17-14/h4-5,7-8H,6,9-10H2,1-3H3,(H,16,17). The van der Waals surface area contributed by atoms with Crippen LogP contribution in [-0.2, 0) is 0 Å². The van der Waals surface area contributed by atoms with Gasteiger partial charge < -0.3 is 5.32 Å². The summed E-state index contributed by atoms with van der Waals surface area (Å²) >= 11 is 0. The zero-order valence-electron chi connectivity index (χ0n) is 11.3. The molecule has 0 saturated heterocycles. The van der Waals surface area contributed by atoms with Crippen LogP contribution in [0.25, 0.3) is 0 Å². The summed E-state index contributed by atoms with van der Waals surface area (Å²) in [6, 6.07) is 7.72. The van der Waals surface area contributed by atoms with Crippen LogP contribution in [0.5, 0.6) is 0 Å². The van der Waals surface area contributed by atoms with Gasteiger partial charge in [0.25, 0.3) is 0 Å². The summed E-state index contributed by atoms with van der Waals surface area (Å²) in [5, 5.41) is 3.28. The van der Waals surface area contributed by atoms with Gasteiger partial charge in [-0.05, 0) is 6.42 Å². The van der Waals surface area contributed by atoms with E-state index in [1.807, 2.05) is 45.0 Å². The first kappa shape index (κ1) is 12.8. The van der Waals surface area contributed by atoms with Crippen LogP contribution in [0.15, 0.2) is 29.3 Å². The zero-order chi connectivity index (χ0) is 13.2. The quantitative estimate of drug-likeness (QED) is 0.813. The van der Waals surface area contributed by atoms with Crippen LogP contribution in [0.4, 0.5) is 0 Å². The number of hydrogen-bond donors (Lipinski definition) is 1. The summed E-state index contributed by atoms with van der Waals surface area (Å²) in [6.45, 7) is 7.60. The van der Waals surface area contributed by atoms with E-state index in [1.165, 1.54) is 0 Å². The van der Waals surface area contributed by atoms with Gasteiger partial charge in [0, 0.05) is 29.6 Å². The third kappa shape index (κ3) is 2.61. The number of nitrogens with zero attached hydrogens (tertiary/aromatic N) is 1. The van der Waals surface area contributed by atoms with E-state index < -0.39 is 0 Å². The molecule has 1 N–H and O–H groups in total. The van der Waals surface area contributed by atoms with Gasteiger partial charge in [-0.25, -0.2) is 0 Å². The van der Waals surface area contributed by atoms with E-state index in [-0.39, 0.29) is 11.2 Å². The summed E-state index contributed by atoms with van der Waals surface area (Å²) in [5.41, 5.74) is 1.32. The molecule has 1 aromatic carbocycles. The van der Waals surface area contributed by atoms with Crippen molar-refractivity contribution in [2.45, 2.75) is 27.2 Å². The highest BCUT2D eigenvalue weighted by atomic mass is 16.1. The number of amidine groups is 1. The molecule has 3 nitrogen and oxygen atoms in total. The number of ketones is 1. The van der Waals surface area contributed by atoms with E-state index in [4.69, 9.17) is 0 Å². The van der Waals surface area contributed by atoms with Crippen molar-refractivity contribution in [3.8, 4) is 0 Å². The third-order valence-electron chi connectivity index (χ3n) is 3.01. The van der Waals surface area contributed by atoms with Gasteiger partial charge in [-0.3, -0.25) is 9.79 Å². The van der Waals surface area contributed by atoms with Gasteiger partial charge in [0.1, 0.15) is 5.84 Å². The normalized spacial score (nSPS) is 15.8. The Kier molecular flexibility index (Phi) is 3.50. The summed E-state index contributed by atoms with van der Waals surface area (Å²) in [5.74, 6) is 1.02. The van der Waals surface area contributed by atoms with Gasteiger partial charge in [0.2, 0.25) is 0 Å². The Balaban J connectivity index is 2.43. The summed E-state index contributed by atoms with van der Waals surface area (Å²) < 4.78 is 0. The second kappa shape index (κ2) is 4.92. The van der Waals surface area contributed by atoms with E-state index in [1.54, 1.807) is 0 Å². The monoisotopic (exact) mass is 244 g/mol. The molecule has 0 fully saturated rings. The Morgan fingerprint density at radius 2 is 2.00 bits per heavy atom. The first-order valence-corrected chi connectivity index (χ1v) is 6.42. The Morgan fingerprint density at radius 3 is 2.61 bits per heavy atom. The summed E-state index contributed by atoms with van der Waals surface area (Å²) in [6.07, 6.45) is 1.05. The zero-order valence-corrected chi connectivity index (χ0v) is 11.3. The van der Waals surface area contributed by atoms with Gasteiger partial charge in [0.15, 0.2) is 5.78 Å². The molecule has 0 spiro atoms. The lowest BCUT2D eigenvalue weighted by Crippen LogP contribution is -2.32. The van der Waals surface area contributed by atoms with E-state index >= 15 is 0 Å². The summed E-state index contributed by atoms with van der Waals surface area (Å²) in [7, 11) is 0. The molecule has 3 heteroatoms. The number of carbonyl (C=O) groups is 1. The Hall–Kier alpha value is -1.64. The Morgan fingerprint density at radius 1 is 1.28 bits per heavy atom. The minimum atomic E-state index is -0.370. The predicted molar refractivity (Wildman–Crippen MR) is 74.3 cm³/mol. The smallest absolute Gasteiger partial charge is 0.168 e. The third-order valence-corrected chi connectivity index (χ3v) is 3.01. The summed E-state index contributed by atoms with van der Waals surface area (Å²) in [4.78, 5) is 16.9. The molecular weight excluding hydrogens is 224 g/mol. The maximum atomic E-state index is 12.4. The number of benzene rings is 1. The van der Waals surface area contributed by atoms with Crippen molar-refractivity contribution in [2.24, 2.45) is 10.4 Å². The van der Waals surface area contributed by atoms with E-state index in [0.717, 1.165) is 36.5 Å². The second-order valence-electron chi connectivity index (χ2n) is 5.64. The first-order valence-electron chi connectivity index (χ1n) is 6.42. The number of rotatable bonds is 2. The van der Waals surface area contributed by atoms with Gasteiger partial charge in [-0.2, -0.15) is 0 Å². The molecule has 0 saturated carbocycles. The molecule has 0 atom stereocenters. The van der Waals surface area contributed by atoms with Crippen LogP contribution in [0.1, 0.15) is 43.1 Å². The molecule has 18 heavy (non-hydrogen) atoms. The first-order chi connectivity index (χ1) is 8.50. The molecule has 0 bridgehead atoms. The fraction of sp³-hybridized carbons (Fsp3) is 0.467. The highest BCUT2D eigenvalue weighted by Gasteiger charge is 2.26. The van der Waals surface area contributed by atoms with Gasteiger partial charge in [-0.1, -0.05) is 45.0 Å². The van der Waals surface area contributed by atoms with Gasteiger partial charge >= 0.3 is 0 Å². The number of aliphatic imine (C=N–C) groups is 1. The second-order valence-corrected chi connectivity index (χ2v) is 5.64. The largest absolute Gasteiger partial charge is 0.370 e. The van der Waals surface area contributed by atoms with Crippen LogP contribution in [-0.4, -0.2) is 24.7 Å². The number of hydrogen-bond acceptors (Lipinski definition) is 3. The molecule has 1 aromatic rings. The topological polar surface area (TPSA) is 41.5 Å². The van der Waals surface area contributed by atoms with Gasteiger partial charge in [0.05, 0.1) is 0 Å². The van der Waals surface area contributed by atoms with Crippen molar-refractivity contribution in [1.29, 1.82) is 0 Å². The number of carbonyl (C=O) groups excluding carboxylic acids is 1. The lowest BCUT2D eigenvalue weighted by Gasteiger charge is -2.21. The molecule has 0 aromatic heterocycles. The van der Waals surface area contributed by atoms with Crippen LogP contribution in [0, 0.1) is 5.41 Å². The van der Waals surface area contributed by atoms with Crippen molar-refractivity contribution >= 4 is 11.6 Å². The van der Waals surface area contributed by atoms with E-state index in [2.05, 4.69) is 10.3 Å². The minimum Gasteiger partial charge on any atom is -0.370 e. The maximum absolute atomic E-state index is 12.4. The number of Topliss-reactive ketones (excluding diaryl/α,β-unsaturated/α-hetero) is 1. The Labute approximate surface area is 108 Å². The molecular formula is C15H20N2O. The fourth-order valence-electron chi connectivity index (χ4n) is 2.00. The van der Waals surface area contributed by atoms with Crippen LogP contribution in [0.3, 0.4) is 0 Å². The highest BCUT2D eigenvalue weighted by Crippen LogP contribution is 2.23. The minimum absolute atomic E-state index is 0.160. The van der Waals surface area contributed by atoms with Crippen molar-refractivity contribution in [3.05, 3.63) is 35.4 Å². The molecule has 0 aliphatic carbocycles. The van der Waals surface area contributed by atoms with Crippen molar-refractivity contribution in [2.75, 3.05) is 13.1 Å². The molecule has 1 heterocycles. The molecule has 1 aliphatic rings. The van der Waals surface area contributed by atoms with Crippen molar-refractivity contribution < 1.29 is 4.79 Å². The SMILES string of the molecule is CC(C)(C)C(=O)c1ccccc1C1=NCCCN1. The van der Waals surface area contributed by atoms with Crippen LogP contribution in [0.2, 0.25) is 0 Å². The highest BCUT2D eigenvalue weighted by molar-refractivity contribution is 6.11. The lowest BCUT2D eigenvalue weighted by atomic mass is 9.84. The van der Waals surface area contributed by atoms with Crippen LogP contribution < -0.4 is 5.32 Å². The molecule has 96 valence electrons. The van der Waals surface area contributed by atoms with Crippen molar-refractivity contribution in [3.63, 3.8) is 0 Å². The molecule has 2 rings (SSSR count). The lowest BCUT2D eigenvalue weighted by molar-refractivity contribution is 0.0858. The molecule has 1 aliphatic heterocycles. The fourth-order valence-corrected chi connectivity index (χ4v) is 2.00. The molecule has 0 unspecified atom stereocenters. The Bertz CT molecular complexity index is 484. The maximum Gasteiger partial charge on any atom is 0.168 e. The van der Waals surface area contributed by atoms with Gasteiger partial charge in [-0.15, -0.1) is 0 Å². The molecule has 0 amide bonds. The average Bonchev–Trinajstić information content (AvgIpc) is 2.38. The van der Waals surface area contributed by atoms with E-state index in [0.29, 0.717) is 0 Å². The predicted octanol–water partition coefficient (Wildman–Crippen LogP) is 2.66. The number of nitrogens with one attached hydrogen (secondary N) is 1. The van der Waals surface area contributed by atoms with E-state index in [9.17, 15) is 4.79 Å². The van der Waals surface area contributed by atoms with Crippen LogP contribution >= 0.6 is 0 Å². The van der Waals surface area contributed by atoms with Crippen molar-refractivity contribution in [1.82, 2.24) is 5.32 Å².